The van der Waals surface area contributed by atoms with E-state index in [-0.39, 0.29) is 6.61 Å². The molecule has 0 spiro atoms. The molecule has 0 atom stereocenters. The summed E-state index contributed by atoms with van der Waals surface area (Å²) in [7, 11) is 0. The molecule has 0 bridgehead atoms. The van der Waals surface area contributed by atoms with Gasteiger partial charge in [0.05, 0.1) is 11.3 Å². The summed E-state index contributed by atoms with van der Waals surface area (Å²) in [6.07, 6.45) is -2.25. The van der Waals surface area contributed by atoms with Crippen molar-refractivity contribution in [3.8, 4) is 11.3 Å². The molecule has 2 aromatic rings. The molecule has 5 heteroatoms. The summed E-state index contributed by atoms with van der Waals surface area (Å²) in [6, 6.07) is 8.40. The van der Waals surface area contributed by atoms with Crippen molar-refractivity contribution < 1.29 is 18.3 Å². The van der Waals surface area contributed by atoms with Gasteiger partial charge in [-0.2, -0.15) is 13.2 Å². The first-order chi connectivity index (χ1) is 9.00. The summed E-state index contributed by atoms with van der Waals surface area (Å²) in [5.74, 6) is 0. The first kappa shape index (κ1) is 13.5. The third-order valence-electron chi connectivity index (χ3n) is 2.73. The van der Waals surface area contributed by atoms with Crippen molar-refractivity contribution in [2.24, 2.45) is 0 Å². The maximum atomic E-state index is 12.4. The van der Waals surface area contributed by atoms with Crippen molar-refractivity contribution in [2.45, 2.75) is 12.6 Å². The van der Waals surface area contributed by atoms with Gasteiger partial charge in [0, 0.05) is 18.4 Å². The smallest absolute Gasteiger partial charge is 0.396 e. The van der Waals surface area contributed by atoms with Crippen molar-refractivity contribution >= 4 is 0 Å². The van der Waals surface area contributed by atoms with Crippen molar-refractivity contribution in [3.63, 3.8) is 0 Å². The largest absolute Gasteiger partial charge is 0.416 e. The minimum absolute atomic E-state index is 0.0243. The second kappa shape index (κ2) is 5.40. The molecule has 1 N–H and O–H groups in total. The fourth-order valence-electron chi connectivity index (χ4n) is 1.75. The van der Waals surface area contributed by atoms with Gasteiger partial charge >= 0.3 is 6.18 Å². The van der Waals surface area contributed by atoms with Gasteiger partial charge in [-0.25, -0.2) is 0 Å². The fourth-order valence-corrected chi connectivity index (χ4v) is 1.75. The molecule has 0 aliphatic heterocycles. The molecule has 0 fully saturated rings. The molecule has 100 valence electrons. The minimum atomic E-state index is -4.33. The van der Waals surface area contributed by atoms with Crippen molar-refractivity contribution in [2.75, 3.05) is 6.61 Å². The maximum absolute atomic E-state index is 12.4. The van der Waals surface area contributed by atoms with E-state index in [2.05, 4.69) is 4.98 Å². The Morgan fingerprint density at radius 3 is 2.32 bits per heavy atom. The summed E-state index contributed by atoms with van der Waals surface area (Å²) >= 11 is 0. The number of alkyl halides is 3. The summed E-state index contributed by atoms with van der Waals surface area (Å²) < 4.78 is 37.3. The van der Waals surface area contributed by atoms with E-state index in [0.29, 0.717) is 17.7 Å². The van der Waals surface area contributed by atoms with E-state index in [1.165, 1.54) is 12.1 Å². The summed E-state index contributed by atoms with van der Waals surface area (Å²) in [5.41, 5.74) is 1.43. The van der Waals surface area contributed by atoms with Gasteiger partial charge in [-0.1, -0.05) is 12.1 Å². The van der Waals surface area contributed by atoms with Crippen LogP contribution in [0.15, 0.2) is 42.6 Å². The van der Waals surface area contributed by atoms with E-state index < -0.39 is 11.7 Å². The van der Waals surface area contributed by atoms with E-state index in [1.54, 1.807) is 18.3 Å². The molecule has 0 unspecified atom stereocenters. The fraction of sp³-hybridized carbons (Fsp3) is 0.214. The van der Waals surface area contributed by atoms with Gasteiger partial charge in [0.2, 0.25) is 0 Å². The second-order valence-corrected chi connectivity index (χ2v) is 4.10. The molecule has 2 nitrogen and oxygen atoms in total. The third kappa shape index (κ3) is 3.32. The highest BCUT2D eigenvalue weighted by atomic mass is 19.4. The second-order valence-electron chi connectivity index (χ2n) is 4.10. The molecular formula is C14H12F3NO. The Balaban J connectivity index is 2.29. The number of nitrogens with zero attached hydrogens (tertiary/aromatic N) is 1. The average Bonchev–Trinajstić information content (AvgIpc) is 2.39. The number of hydrogen-bond acceptors (Lipinski definition) is 2. The van der Waals surface area contributed by atoms with Crippen LogP contribution in [0.2, 0.25) is 0 Å². The van der Waals surface area contributed by atoms with Crippen LogP contribution in [0.25, 0.3) is 11.3 Å². The minimum Gasteiger partial charge on any atom is -0.396 e. The normalized spacial score (nSPS) is 11.6. The Morgan fingerprint density at radius 1 is 1.05 bits per heavy atom. The molecule has 19 heavy (non-hydrogen) atoms. The van der Waals surface area contributed by atoms with Crippen LogP contribution in [0.5, 0.6) is 0 Å². The van der Waals surface area contributed by atoms with Crippen LogP contribution in [0.3, 0.4) is 0 Å². The molecular weight excluding hydrogens is 255 g/mol. The topological polar surface area (TPSA) is 33.1 Å². The molecule has 1 heterocycles. The number of aliphatic hydroxyl groups is 1. The van der Waals surface area contributed by atoms with Crippen LogP contribution in [-0.4, -0.2) is 16.7 Å². The highest BCUT2D eigenvalue weighted by molar-refractivity contribution is 5.60. The molecule has 0 saturated heterocycles. The lowest BCUT2D eigenvalue weighted by atomic mass is 10.1. The Morgan fingerprint density at radius 2 is 1.74 bits per heavy atom. The zero-order valence-electron chi connectivity index (χ0n) is 9.98. The van der Waals surface area contributed by atoms with E-state index in [1.807, 2.05) is 0 Å². The number of halogens is 3. The lowest BCUT2D eigenvalue weighted by molar-refractivity contribution is -0.137. The van der Waals surface area contributed by atoms with Crippen LogP contribution in [-0.2, 0) is 12.6 Å². The lowest BCUT2D eigenvalue weighted by Gasteiger charge is -2.08. The number of pyridine rings is 1. The zero-order valence-corrected chi connectivity index (χ0v) is 9.98. The molecule has 0 aliphatic rings. The maximum Gasteiger partial charge on any atom is 0.416 e. The van der Waals surface area contributed by atoms with Gasteiger partial charge in [-0.15, -0.1) is 0 Å². The van der Waals surface area contributed by atoms with Crippen LogP contribution < -0.4 is 0 Å². The molecule has 0 radical (unpaired) electrons. The van der Waals surface area contributed by atoms with Gasteiger partial charge in [0.1, 0.15) is 0 Å². The predicted octanol–water partition coefficient (Wildman–Crippen LogP) is 3.30. The molecule has 0 aliphatic carbocycles. The third-order valence-corrected chi connectivity index (χ3v) is 2.73. The van der Waals surface area contributed by atoms with E-state index in [4.69, 9.17) is 5.11 Å². The van der Waals surface area contributed by atoms with Crippen molar-refractivity contribution in [1.29, 1.82) is 0 Å². The van der Waals surface area contributed by atoms with Crippen LogP contribution in [0, 0.1) is 0 Å². The van der Waals surface area contributed by atoms with E-state index in [9.17, 15) is 13.2 Å². The van der Waals surface area contributed by atoms with Crippen LogP contribution >= 0.6 is 0 Å². The summed E-state index contributed by atoms with van der Waals surface area (Å²) in [6.45, 7) is 0.0243. The number of aliphatic hydroxyl groups excluding tert-OH is 1. The Labute approximate surface area is 108 Å². The Kier molecular flexibility index (Phi) is 3.85. The molecule has 0 saturated carbocycles. The first-order valence-electron chi connectivity index (χ1n) is 5.74. The van der Waals surface area contributed by atoms with Crippen molar-refractivity contribution in [3.05, 3.63) is 53.7 Å². The van der Waals surface area contributed by atoms with E-state index >= 15 is 0 Å². The van der Waals surface area contributed by atoms with Gasteiger partial charge in [0.25, 0.3) is 0 Å². The monoisotopic (exact) mass is 267 g/mol. The van der Waals surface area contributed by atoms with Gasteiger partial charge < -0.3 is 5.11 Å². The quantitative estimate of drug-likeness (QED) is 0.925. The standard InChI is InChI=1S/C14H12F3NO/c15-14(16,17)12-3-1-11(2-4-12)13-9-10(6-8-19)5-7-18-13/h1-5,7,9,19H,6,8H2. The zero-order chi connectivity index (χ0) is 13.9. The molecule has 1 aromatic carbocycles. The average molecular weight is 267 g/mol. The van der Waals surface area contributed by atoms with Crippen LogP contribution in [0.4, 0.5) is 13.2 Å². The number of aromatic nitrogens is 1. The van der Waals surface area contributed by atoms with Gasteiger partial charge in [-0.05, 0) is 36.2 Å². The highest BCUT2D eigenvalue weighted by Gasteiger charge is 2.29. The SMILES string of the molecule is OCCc1ccnc(-c2ccc(C(F)(F)F)cc2)c1. The number of benzene rings is 1. The first-order valence-corrected chi connectivity index (χ1v) is 5.74. The highest BCUT2D eigenvalue weighted by Crippen LogP contribution is 2.30. The van der Waals surface area contributed by atoms with Crippen LogP contribution in [0.1, 0.15) is 11.1 Å². The Hall–Kier alpha value is -1.88. The molecule has 0 amide bonds. The lowest BCUT2D eigenvalue weighted by Crippen LogP contribution is -2.04. The Bertz CT molecular complexity index is 549. The summed E-state index contributed by atoms with van der Waals surface area (Å²) in [5, 5.41) is 8.86. The molecule has 2 rings (SSSR count). The molecule has 1 aromatic heterocycles. The number of hydrogen-bond donors (Lipinski definition) is 1. The number of rotatable bonds is 3. The predicted molar refractivity (Wildman–Crippen MR) is 65.5 cm³/mol. The summed E-state index contributed by atoms with van der Waals surface area (Å²) in [4.78, 5) is 4.12. The van der Waals surface area contributed by atoms with Gasteiger partial charge in [0.15, 0.2) is 0 Å². The van der Waals surface area contributed by atoms with E-state index in [0.717, 1.165) is 17.7 Å². The van der Waals surface area contributed by atoms with Crippen molar-refractivity contribution in [1.82, 2.24) is 4.98 Å². The van der Waals surface area contributed by atoms with Gasteiger partial charge in [-0.3, -0.25) is 4.98 Å².